The highest BCUT2D eigenvalue weighted by Gasteiger charge is 2.44. The van der Waals surface area contributed by atoms with Crippen molar-refractivity contribution in [3.63, 3.8) is 0 Å². The minimum absolute atomic E-state index is 0.262. The first-order valence-corrected chi connectivity index (χ1v) is 28.7. The fourth-order valence-electron chi connectivity index (χ4n) is 9.30. The van der Waals surface area contributed by atoms with Crippen LogP contribution in [0.4, 0.5) is 0 Å². The molecular formula is C57H109NO10. The second-order valence-electron chi connectivity index (χ2n) is 20.4. The van der Waals surface area contributed by atoms with Crippen molar-refractivity contribution in [1.29, 1.82) is 0 Å². The summed E-state index contributed by atoms with van der Waals surface area (Å²) in [5, 5.41) is 75.5. The number of carbonyl (C=O) groups excluding carboxylic acids is 1. The van der Waals surface area contributed by atoms with Crippen molar-refractivity contribution in [3.05, 3.63) is 24.3 Å². The summed E-state index contributed by atoms with van der Waals surface area (Å²) in [6, 6.07) is -1.16. The molecular weight excluding hydrogens is 859 g/mol. The van der Waals surface area contributed by atoms with Crippen LogP contribution in [-0.2, 0) is 14.3 Å². The minimum Gasteiger partial charge on any atom is -0.394 e. The van der Waals surface area contributed by atoms with Gasteiger partial charge in [0, 0.05) is 0 Å². The van der Waals surface area contributed by atoms with Gasteiger partial charge in [-0.15, -0.1) is 0 Å². The van der Waals surface area contributed by atoms with E-state index >= 15 is 0 Å². The number of hydrogen-bond acceptors (Lipinski definition) is 10. The molecule has 1 aliphatic heterocycles. The standard InChI is InChI=1S/C57H109NO10/c1-3-5-7-9-11-12-13-14-15-16-17-18-19-20-21-22-23-24-25-26-27-28-29-30-31-32-33-34-35-36-37-39-41-43-45-50(61)56(66)58-48(52(62)49(60)44-42-40-38-10-8-6-4-2)47-67-57-55(65)54(64)53(63)51(46-59)68-57/h19-20,22-23,48-55,57,59-65H,3-18,21,24-47H2,1-2H3,(H,58,66)/b20-19-,23-22-. The number of hydrogen-bond donors (Lipinski definition) is 8. The normalized spacial score (nSPS) is 20.6. The van der Waals surface area contributed by atoms with Gasteiger partial charge in [0.15, 0.2) is 6.29 Å². The number of aliphatic hydroxyl groups is 7. The SMILES string of the molecule is CCCCCCCCCCCCC/C=C\C/C=C\CCCCCCCCCCCCCCCCCCC(O)C(=O)NC(COC1OC(CO)C(O)C(O)C1O)C(O)C(O)CCCCCCCCC. The van der Waals surface area contributed by atoms with E-state index in [1.165, 1.54) is 173 Å². The minimum atomic E-state index is -1.66. The Bertz CT molecular complexity index is 1160. The number of nitrogens with one attached hydrogen (secondary N) is 1. The van der Waals surface area contributed by atoms with Crippen molar-refractivity contribution in [1.82, 2.24) is 5.32 Å². The van der Waals surface area contributed by atoms with Crippen LogP contribution in [0.1, 0.15) is 264 Å². The Labute approximate surface area is 416 Å². The summed E-state index contributed by atoms with van der Waals surface area (Å²) < 4.78 is 11.1. The molecule has 0 radical (unpaired) electrons. The molecule has 0 saturated carbocycles. The Morgan fingerprint density at radius 2 is 0.897 bits per heavy atom. The van der Waals surface area contributed by atoms with Gasteiger partial charge in [-0.25, -0.2) is 0 Å². The summed E-state index contributed by atoms with van der Waals surface area (Å²) in [4.78, 5) is 13.1. The molecule has 0 aromatic rings. The van der Waals surface area contributed by atoms with E-state index in [0.717, 1.165) is 51.4 Å². The van der Waals surface area contributed by atoms with Crippen molar-refractivity contribution in [2.75, 3.05) is 13.2 Å². The topological polar surface area (TPSA) is 189 Å². The predicted octanol–water partition coefficient (Wildman–Crippen LogP) is 11.7. The first kappa shape index (κ1) is 64.6. The van der Waals surface area contributed by atoms with E-state index < -0.39 is 74.2 Å². The van der Waals surface area contributed by atoms with Crippen LogP contribution >= 0.6 is 0 Å². The van der Waals surface area contributed by atoms with Crippen LogP contribution in [0, 0.1) is 0 Å². The van der Waals surface area contributed by atoms with Gasteiger partial charge in [-0.2, -0.15) is 0 Å². The number of ether oxygens (including phenoxy) is 2. The molecule has 0 spiro atoms. The van der Waals surface area contributed by atoms with E-state index in [1.807, 2.05) is 0 Å². The number of allylic oxidation sites excluding steroid dienone is 4. The fraction of sp³-hybridized carbons (Fsp3) is 0.912. The summed E-state index contributed by atoms with van der Waals surface area (Å²) in [5.41, 5.74) is 0. The van der Waals surface area contributed by atoms with Crippen LogP contribution in [0.15, 0.2) is 24.3 Å². The zero-order chi connectivity index (χ0) is 49.7. The van der Waals surface area contributed by atoms with Crippen molar-refractivity contribution in [2.45, 2.75) is 319 Å². The molecule has 402 valence electrons. The second-order valence-corrected chi connectivity index (χ2v) is 20.4. The average molecular weight is 968 g/mol. The fourth-order valence-corrected chi connectivity index (χ4v) is 9.30. The largest absolute Gasteiger partial charge is 0.394 e. The van der Waals surface area contributed by atoms with E-state index in [2.05, 4.69) is 43.5 Å². The molecule has 8 N–H and O–H groups in total. The van der Waals surface area contributed by atoms with Gasteiger partial charge in [0.1, 0.15) is 36.6 Å². The highest BCUT2D eigenvalue weighted by Crippen LogP contribution is 2.23. The van der Waals surface area contributed by atoms with Crippen molar-refractivity contribution in [2.24, 2.45) is 0 Å². The molecule has 9 atom stereocenters. The van der Waals surface area contributed by atoms with Crippen LogP contribution in [0.25, 0.3) is 0 Å². The van der Waals surface area contributed by atoms with Gasteiger partial charge < -0.3 is 50.5 Å². The molecule has 1 saturated heterocycles. The highest BCUT2D eigenvalue weighted by molar-refractivity contribution is 5.80. The summed E-state index contributed by atoms with van der Waals surface area (Å²) in [7, 11) is 0. The first-order valence-electron chi connectivity index (χ1n) is 28.7. The lowest BCUT2D eigenvalue weighted by molar-refractivity contribution is -0.303. The number of rotatable bonds is 49. The number of carbonyl (C=O) groups is 1. The smallest absolute Gasteiger partial charge is 0.249 e. The van der Waals surface area contributed by atoms with E-state index in [4.69, 9.17) is 9.47 Å². The molecule has 1 rings (SSSR count). The van der Waals surface area contributed by atoms with Gasteiger partial charge in [0.05, 0.1) is 25.4 Å². The van der Waals surface area contributed by atoms with E-state index in [9.17, 15) is 40.5 Å². The monoisotopic (exact) mass is 968 g/mol. The molecule has 11 nitrogen and oxygen atoms in total. The maximum Gasteiger partial charge on any atom is 0.249 e. The van der Waals surface area contributed by atoms with Crippen molar-refractivity contribution < 1.29 is 50.0 Å². The maximum atomic E-state index is 13.1. The quantitative estimate of drug-likeness (QED) is 0.0215. The van der Waals surface area contributed by atoms with Crippen LogP contribution in [0.5, 0.6) is 0 Å². The van der Waals surface area contributed by atoms with Crippen LogP contribution in [0.3, 0.4) is 0 Å². The molecule has 0 bridgehead atoms. The van der Waals surface area contributed by atoms with E-state index in [-0.39, 0.29) is 6.42 Å². The lowest BCUT2D eigenvalue weighted by Gasteiger charge is -2.40. The van der Waals surface area contributed by atoms with Gasteiger partial charge in [-0.05, 0) is 44.9 Å². The Morgan fingerprint density at radius 3 is 1.31 bits per heavy atom. The summed E-state index contributed by atoms with van der Waals surface area (Å²) in [6.45, 7) is 3.40. The third-order valence-corrected chi connectivity index (χ3v) is 14.0. The molecule has 1 heterocycles. The summed E-state index contributed by atoms with van der Waals surface area (Å²) in [6.07, 6.45) is 44.4. The Balaban J connectivity index is 2.10. The lowest BCUT2D eigenvalue weighted by Crippen LogP contribution is -2.60. The molecule has 1 amide bonds. The maximum absolute atomic E-state index is 13.1. The Kier molecular flexibility index (Phi) is 44.3. The zero-order valence-corrected chi connectivity index (χ0v) is 43.9. The first-order chi connectivity index (χ1) is 33.2. The average Bonchev–Trinajstić information content (AvgIpc) is 3.34. The molecule has 1 aliphatic rings. The third-order valence-electron chi connectivity index (χ3n) is 14.0. The molecule has 9 unspecified atom stereocenters. The molecule has 1 fully saturated rings. The Hall–Kier alpha value is -1.41. The number of aliphatic hydroxyl groups excluding tert-OH is 7. The lowest BCUT2D eigenvalue weighted by atomic mass is 9.98. The second kappa shape index (κ2) is 46.6. The summed E-state index contributed by atoms with van der Waals surface area (Å²) >= 11 is 0. The van der Waals surface area contributed by atoms with Crippen molar-refractivity contribution >= 4 is 5.91 Å². The van der Waals surface area contributed by atoms with Crippen LogP contribution < -0.4 is 5.32 Å². The van der Waals surface area contributed by atoms with E-state index in [1.54, 1.807) is 0 Å². The molecule has 0 aliphatic carbocycles. The van der Waals surface area contributed by atoms with Gasteiger partial charge in [-0.3, -0.25) is 4.79 Å². The van der Waals surface area contributed by atoms with Gasteiger partial charge in [-0.1, -0.05) is 244 Å². The number of unbranched alkanes of at least 4 members (excludes halogenated alkanes) is 33. The third kappa shape index (κ3) is 34.8. The predicted molar refractivity (Wildman–Crippen MR) is 279 cm³/mol. The molecule has 0 aromatic heterocycles. The van der Waals surface area contributed by atoms with Crippen molar-refractivity contribution in [3.8, 4) is 0 Å². The van der Waals surface area contributed by atoms with E-state index in [0.29, 0.717) is 19.3 Å². The molecule has 11 heteroatoms. The van der Waals surface area contributed by atoms with Crippen LogP contribution in [0.2, 0.25) is 0 Å². The zero-order valence-electron chi connectivity index (χ0n) is 43.9. The Morgan fingerprint density at radius 1 is 0.515 bits per heavy atom. The summed E-state index contributed by atoms with van der Waals surface area (Å²) in [5.74, 6) is -0.698. The van der Waals surface area contributed by atoms with Gasteiger partial charge >= 0.3 is 0 Å². The number of amides is 1. The van der Waals surface area contributed by atoms with Gasteiger partial charge in [0.25, 0.3) is 0 Å². The molecule has 0 aromatic carbocycles. The van der Waals surface area contributed by atoms with Crippen LogP contribution in [-0.4, -0.2) is 110 Å². The molecule has 68 heavy (non-hydrogen) atoms. The van der Waals surface area contributed by atoms with Gasteiger partial charge in [0.2, 0.25) is 5.91 Å². The highest BCUT2D eigenvalue weighted by atomic mass is 16.7.